The molecule has 1 saturated carbocycles. The largest absolute Gasteiger partial charge is 0.481 e. The van der Waals surface area contributed by atoms with Crippen LogP contribution in [0.3, 0.4) is 0 Å². The van der Waals surface area contributed by atoms with E-state index in [2.05, 4.69) is 5.32 Å². The molecule has 1 aliphatic heterocycles. The van der Waals surface area contributed by atoms with E-state index in [1.165, 1.54) is 0 Å². The molecule has 1 aromatic rings. The van der Waals surface area contributed by atoms with Crippen LogP contribution in [-0.4, -0.2) is 55.8 Å². The molecule has 0 aromatic heterocycles. The van der Waals surface area contributed by atoms with Gasteiger partial charge in [-0.05, 0) is 37.3 Å². The summed E-state index contributed by atoms with van der Waals surface area (Å²) in [4.78, 5) is 25.8. The van der Waals surface area contributed by atoms with Crippen LogP contribution in [-0.2, 0) is 14.6 Å². The molecule has 0 radical (unpaired) electrons. The summed E-state index contributed by atoms with van der Waals surface area (Å²) in [6.45, 7) is 0.938. The van der Waals surface area contributed by atoms with E-state index in [-0.39, 0.29) is 35.7 Å². The van der Waals surface area contributed by atoms with E-state index in [1.807, 2.05) is 0 Å². The molecule has 2 fully saturated rings. The minimum absolute atomic E-state index is 0.0178. The zero-order valence-electron chi connectivity index (χ0n) is 14.6. The Kier molecular flexibility index (Phi) is 5.22. The van der Waals surface area contributed by atoms with Crippen LogP contribution in [0.1, 0.15) is 25.7 Å². The SMILES string of the molecule is O=C(NCCCS(=O)(=O)c1ccccc1)N1C[C@@H]2CCC[C@@]2(C(=O)O)C1. The molecule has 1 saturated heterocycles. The first-order chi connectivity index (χ1) is 12.3. The van der Waals surface area contributed by atoms with Crippen molar-refractivity contribution in [3.05, 3.63) is 30.3 Å². The van der Waals surface area contributed by atoms with Gasteiger partial charge < -0.3 is 15.3 Å². The number of sulfone groups is 1. The van der Waals surface area contributed by atoms with Gasteiger partial charge in [0.25, 0.3) is 0 Å². The summed E-state index contributed by atoms with van der Waals surface area (Å²) in [6.07, 6.45) is 2.66. The highest BCUT2D eigenvalue weighted by Crippen LogP contribution is 2.48. The van der Waals surface area contributed by atoms with Crippen LogP contribution >= 0.6 is 0 Å². The highest BCUT2D eigenvalue weighted by Gasteiger charge is 2.55. The molecule has 1 aliphatic carbocycles. The fourth-order valence-electron chi connectivity index (χ4n) is 4.11. The average molecular weight is 380 g/mol. The first-order valence-corrected chi connectivity index (χ1v) is 10.5. The molecule has 1 aromatic carbocycles. The lowest BCUT2D eigenvalue weighted by atomic mass is 9.81. The van der Waals surface area contributed by atoms with Crippen LogP contribution in [0.25, 0.3) is 0 Å². The second-order valence-electron chi connectivity index (χ2n) is 7.15. The van der Waals surface area contributed by atoms with Gasteiger partial charge in [0.1, 0.15) is 0 Å². The van der Waals surface area contributed by atoms with Crippen molar-refractivity contribution < 1.29 is 23.1 Å². The average Bonchev–Trinajstić information content (AvgIpc) is 3.18. The number of rotatable bonds is 6. The van der Waals surface area contributed by atoms with E-state index in [9.17, 15) is 23.1 Å². The van der Waals surface area contributed by atoms with Gasteiger partial charge in [0.05, 0.1) is 16.1 Å². The summed E-state index contributed by atoms with van der Waals surface area (Å²) in [6, 6.07) is 7.92. The van der Waals surface area contributed by atoms with Crippen molar-refractivity contribution in [3.63, 3.8) is 0 Å². The number of hydrogen-bond donors (Lipinski definition) is 2. The van der Waals surface area contributed by atoms with Crippen LogP contribution in [0.15, 0.2) is 35.2 Å². The van der Waals surface area contributed by atoms with Crippen molar-refractivity contribution in [1.82, 2.24) is 10.2 Å². The number of carbonyl (C=O) groups excluding carboxylic acids is 1. The standard InChI is InChI=1S/C18H24N2O5S/c21-16(22)18-9-4-6-14(18)12-20(13-18)17(23)19-10-5-11-26(24,25)15-7-2-1-3-8-15/h1-3,7-8,14H,4-6,9-13H2,(H,19,23)(H,21,22)/t14-,18+/m0/s1. The first kappa shape index (κ1) is 18.7. The number of likely N-dealkylation sites (tertiary alicyclic amines) is 1. The maximum Gasteiger partial charge on any atom is 0.317 e. The monoisotopic (exact) mass is 380 g/mol. The van der Waals surface area contributed by atoms with Crippen molar-refractivity contribution in [2.24, 2.45) is 11.3 Å². The summed E-state index contributed by atoms with van der Waals surface area (Å²) in [5.41, 5.74) is -0.798. The molecule has 1 heterocycles. The molecule has 142 valence electrons. The van der Waals surface area contributed by atoms with Crippen LogP contribution in [0, 0.1) is 11.3 Å². The van der Waals surface area contributed by atoms with Crippen molar-refractivity contribution in [3.8, 4) is 0 Å². The summed E-state index contributed by atoms with van der Waals surface area (Å²) in [5, 5.41) is 12.3. The Bertz CT molecular complexity index is 780. The Morgan fingerprint density at radius 1 is 1.27 bits per heavy atom. The van der Waals surface area contributed by atoms with Gasteiger partial charge >= 0.3 is 12.0 Å². The van der Waals surface area contributed by atoms with Crippen LogP contribution in [0.5, 0.6) is 0 Å². The van der Waals surface area contributed by atoms with Gasteiger partial charge in [-0.2, -0.15) is 0 Å². The number of amides is 2. The van der Waals surface area contributed by atoms with Crippen molar-refractivity contribution in [2.45, 2.75) is 30.6 Å². The predicted octanol–water partition coefficient (Wildman–Crippen LogP) is 1.75. The molecule has 2 amide bonds. The lowest BCUT2D eigenvalue weighted by molar-refractivity contribution is -0.149. The third kappa shape index (κ3) is 3.56. The number of fused-ring (bicyclic) bond motifs is 1. The van der Waals surface area contributed by atoms with Crippen LogP contribution in [0.2, 0.25) is 0 Å². The molecule has 2 aliphatic rings. The number of carboxylic acid groups (broad SMARTS) is 1. The first-order valence-electron chi connectivity index (χ1n) is 8.89. The Balaban J connectivity index is 1.48. The third-order valence-corrected chi connectivity index (χ3v) is 7.37. The zero-order chi connectivity index (χ0) is 18.8. The Hall–Kier alpha value is -2.09. The van der Waals surface area contributed by atoms with E-state index in [1.54, 1.807) is 35.2 Å². The number of nitrogens with one attached hydrogen (secondary N) is 1. The second-order valence-corrected chi connectivity index (χ2v) is 9.26. The van der Waals surface area contributed by atoms with E-state index in [0.29, 0.717) is 19.4 Å². The number of urea groups is 1. The highest BCUT2D eigenvalue weighted by atomic mass is 32.2. The molecule has 7 nitrogen and oxygen atoms in total. The van der Waals surface area contributed by atoms with Crippen molar-refractivity contribution >= 4 is 21.8 Å². The maximum atomic E-state index is 12.3. The zero-order valence-corrected chi connectivity index (χ0v) is 15.4. The molecule has 2 N–H and O–H groups in total. The highest BCUT2D eigenvalue weighted by molar-refractivity contribution is 7.91. The van der Waals surface area contributed by atoms with Gasteiger partial charge in [-0.3, -0.25) is 4.79 Å². The predicted molar refractivity (Wildman–Crippen MR) is 95.5 cm³/mol. The van der Waals surface area contributed by atoms with Gasteiger partial charge in [-0.25, -0.2) is 13.2 Å². The van der Waals surface area contributed by atoms with Gasteiger partial charge in [-0.15, -0.1) is 0 Å². The summed E-state index contributed by atoms with van der Waals surface area (Å²) in [5.74, 6) is -0.840. The molecule has 0 spiro atoms. The van der Waals surface area contributed by atoms with Gasteiger partial charge in [0.15, 0.2) is 9.84 Å². The van der Waals surface area contributed by atoms with Gasteiger partial charge in [-0.1, -0.05) is 24.6 Å². The summed E-state index contributed by atoms with van der Waals surface area (Å²) < 4.78 is 24.4. The maximum absolute atomic E-state index is 12.3. The molecule has 8 heteroatoms. The van der Waals surface area contributed by atoms with Crippen LogP contribution < -0.4 is 5.32 Å². The normalized spacial score (nSPS) is 25.1. The number of carboxylic acids is 1. The van der Waals surface area contributed by atoms with Crippen molar-refractivity contribution in [2.75, 3.05) is 25.4 Å². The Morgan fingerprint density at radius 2 is 2.00 bits per heavy atom. The summed E-state index contributed by atoms with van der Waals surface area (Å²) in [7, 11) is -3.35. The summed E-state index contributed by atoms with van der Waals surface area (Å²) >= 11 is 0. The number of carbonyl (C=O) groups is 2. The number of hydrogen-bond acceptors (Lipinski definition) is 4. The number of benzene rings is 1. The Labute approximate surface area is 153 Å². The molecule has 0 bridgehead atoms. The topological polar surface area (TPSA) is 104 Å². The van der Waals surface area contributed by atoms with E-state index < -0.39 is 21.2 Å². The number of aliphatic carboxylic acids is 1. The van der Waals surface area contributed by atoms with Gasteiger partial charge in [0, 0.05) is 19.6 Å². The third-order valence-electron chi connectivity index (χ3n) is 5.55. The van der Waals surface area contributed by atoms with Crippen LogP contribution in [0.4, 0.5) is 4.79 Å². The van der Waals surface area contributed by atoms with Crippen molar-refractivity contribution in [1.29, 1.82) is 0 Å². The Morgan fingerprint density at radius 3 is 2.65 bits per heavy atom. The van der Waals surface area contributed by atoms with E-state index >= 15 is 0 Å². The lowest BCUT2D eigenvalue weighted by Gasteiger charge is -2.23. The minimum Gasteiger partial charge on any atom is -0.481 e. The molecule has 3 rings (SSSR count). The van der Waals surface area contributed by atoms with E-state index in [0.717, 1.165) is 12.8 Å². The molecular formula is C18H24N2O5S. The van der Waals surface area contributed by atoms with Gasteiger partial charge in [0.2, 0.25) is 0 Å². The van der Waals surface area contributed by atoms with E-state index in [4.69, 9.17) is 0 Å². The fraction of sp³-hybridized carbons (Fsp3) is 0.556. The smallest absolute Gasteiger partial charge is 0.317 e. The second kappa shape index (κ2) is 7.26. The minimum atomic E-state index is -3.35. The quantitative estimate of drug-likeness (QED) is 0.732. The fourth-order valence-corrected chi connectivity index (χ4v) is 5.44. The molecular weight excluding hydrogens is 356 g/mol. The number of nitrogens with zero attached hydrogens (tertiary/aromatic N) is 1. The molecule has 26 heavy (non-hydrogen) atoms. The molecule has 2 atom stereocenters. The lowest BCUT2D eigenvalue weighted by Crippen LogP contribution is -2.42. The molecule has 0 unspecified atom stereocenters.